The predicted octanol–water partition coefficient (Wildman–Crippen LogP) is 6.61. The van der Waals surface area contributed by atoms with Gasteiger partial charge in [-0.3, -0.25) is 4.40 Å². The SMILES string of the molecule is Cc1ccc(Nc2c(-c3cc(Br)ccc3F)nc3ccc(Cl)cn23)cc1. The molecule has 4 rings (SSSR count). The highest BCUT2D eigenvalue weighted by Crippen LogP contribution is 2.34. The second kappa shape index (κ2) is 6.74. The monoisotopic (exact) mass is 429 g/mol. The number of anilines is 2. The molecule has 0 bridgehead atoms. The molecule has 0 amide bonds. The highest BCUT2D eigenvalue weighted by atomic mass is 79.9. The van der Waals surface area contributed by atoms with Gasteiger partial charge in [0.15, 0.2) is 0 Å². The summed E-state index contributed by atoms with van der Waals surface area (Å²) in [5, 5.41) is 3.93. The first-order chi connectivity index (χ1) is 12.5. The first kappa shape index (κ1) is 17.1. The second-order valence-electron chi connectivity index (χ2n) is 6.00. The van der Waals surface area contributed by atoms with Gasteiger partial charge in [-0.1, -0.05) is 45.2 Å². The van der Waals surface area contributed by atoms with Crippen LogP contribution in [0.1, 0.15) is 5.56 Å². The Balaban J connectivity index is 1.94. The normalized spacial score (nSPS) is 11.1. The third-order valence-corrected chi connectivity index (χ3v) is 4.80. The number of hydrogen-bond donors (Lipinski definition) is 1. The Morgan fingerprint density at radius 2 is 1.85 bits per heavy atom. The molecule has 0 aliphatic heterocycles. The van der Waals surface area contributed by atoms with E-state index in [1.54, 1.807) is 24.4 Å². The Kier molecular flexibility index (Phi) is 4.42. The fourth-order valence-corrected chi connectivity index (χ4v) is 3.30. The number of pyridine rings is 1. The highest BCUT2D eigenvalue weighted by Gasteiger charge is 2.18. The Morgan fingerprint density at radius 3 is 2.62 bits per heavy atom. The first-order valence-corrected chi connectivity index (χ1v) is 9.15. The molecule has 0 atom stereocenters. The number of imidazole rings is 1. The first-order valence-electron chi connectivity index (χ1n) is 7.98. The Morgan fingerprint density at radius 1 is 1.08 bits per heavy atom. The van der Waals surface area contributed by atoms with Gasteiger partial charge in [-0.05, 0) is 49.4 Å². The molecular formula is C20H14BrClFN3. The lowest BCUT2D eigenvalue weighted by molar-refractivity contribution is 0.630. The topological polar surface area (TPSA) is 29.3 Å². The van der Waals surface area contributed by atoms with Crippen LogP contribution in [0.25, 0.3) is 16.9 Å². The van der Waals surface area contributed by atoms with Crippen molar-refractivity contribution in [3.8, 4) is 11.3 Å². The number of aryl methyl sites for hydroxylation is 1. The quantitative estimate of drug-likeness (QED) is 0.396. The lowest BCUT2D eigenvalue weighted by Crippen LogP contribution is -1.98. The molecule has 6 heteroatoms. The van der Waals surface area contributed by atoms with Crippen LogP contribution in [0.15, 0.2) is 65.3 Å². The molecule has 0 saturated carbocycles. The van der Waals surface area contributed by atoms with Crippen LogP contribution < -0.4 is 5.32 Å². The van der Waals surface area contributed by atoms with E-state index in [2.05, 4.69) is 26.2 Å². The number of nitrogens with one attached hydrogen (secondary N) is 1. The van der Waals surface area contributed by atoms with E-state index in [-0.39, 0.29) is 5.82 Å². The molecule has 0 saturated heterocycles. The smallest absolute Gasteiger partial charge is 0.143 e. The van der Waals surface area contributed by atoms with Crippen molar-refractivity contribution >= 4 is 44.7 Å². The zero-order valence-electron chi connectivity index (χ0n) is 13.8. The fourth-order valence-electron chi connectivity index (χ4n) is 2.78. The Hall–Kier alpha value is -2.37. The third kappa shape index (κ3) is 3.20. The Bertz CT molecular complexity index is 1110. The van der Waals surface area contributed by atoms with Crippen LogP contribution in [-0.4, -0.2) is 9.38 Å². The summed E-state index contributed by atoms with van der Waals surface area (Å²) in [6.45, 7) is 2.03. The third-order valence-electron chi connectivity index (χ3n) is 4.08. The molecule has 0 aliphatic carbocycles. The molecule has 4 aromatic rings. The number of fused-ring (bicyclic) bond motifs is 1. The van der Waals surface area contributed by atoms with Gasteiger partial charge in [-0.2, -0.15) is 0 Å². The summed E-state index contributed by atoms with van der Waals surface area (Å²) in [4.78, 5) is 4.62. The van der Waals surface area contributed by atoms with Crippen molar-refractivity contribution in [1.29, 1.82) is 0 Å². The minimum atomic E-state index is -0.338. The van der Waals surface area contributed by atoms with Crippen molar-refractivity contribution < 1.29 is 4.39 Å². The van der Waals surface area contributed by atoms with Crippen LogP contribution in [0.4, 0.5) is 15.9 Å². The molecule has 3 nitrogen and oxygen atoms in total. The molecule has 2 aromatic carbocycles. The van der Waals surface area contributed by atoms with E-state index in [9.17, 15) is 4.39 Å². The van der Waals surface area contributed by atoms with Crippen molar-refractivity contribution in [1.82, 2.24) is 9.38 Å². The maximum atomic E-state index is 14.5. The lowest BCUT2D eigenvalue weighted by Gasteiger charge is -2.10. The average molecular weight is 431 g/mol. The minimum absolute atomic E-state index is 0.338. The molecule has 2 heterocycles. The van der Waals surface area contributed by atoms with Crippen LogP contribution in [0.5, 0.6) is 0 Å². The van der Waals surface area contributed by atoms with Gasteiger partial charge in [0.05, 0.1) is 5.02 Å². The molecule has 0 radical (unpaired) electrons. The zero-order valence-corrected chi connectivity index (χ0v) is 16.1. The van der Waals surface area contributed by atoms with E-state index in [1.165, 1.54) is 6.07 Å². The molecule has 0 spiro atoms. The zero-order chi connectivity index (χ0) is 18.3. The van der Waals surface area contributed by atoms with E-state index in [0.29, 0.717) is 27.7 Å². The summed E-state index contributed by atoms with van der Waals surface area (Å²) < 4.78 is 17.1. The summed E-state index contributed by atoms with van der Waals surface area (Å²) in [6, 6.07) is 16.3. The van der Waals surface area contributed by atoms with E-state index in [1.807, 2.05) is 41.7 Å². The average Bonchev–Trinajstić information content (AvgIpc) is 2.96. The van der Waals surface area contributed by atoms with Gasteiger partial charge in [-0.25, -0.2) is 9.37 Å². The number of nitrogens with zero attached hydrogens (tertiary/aromatic N) is 2. The van der Waals surface area contributed by atoms with Crippen LogP contribution in [0, 0.1) is 12.7 Å². The van der Waals surface area contributed by atoms with Crippen LogP contribution in [0.2, 0.25) is 5.02 Å². The van der Waals surface area contributed by atoms with Crippen LogP contribution in [0.3, 0.4) is 0 Å². The maximum Gasteiger partial charge on any atom is 0.143 e. The lowest BCUT2D eigenvalue weighted by atomic mass is 10.1. The largest absolute Gasteiger partial charge is 0.339 e. The van der Waals surface area contributed by atoms with Crippen molar-refractivity contribution in [3.63, 3.8) is 0 Å². The summed E-state index contributed by atoms with van der Waals surface area (Å²) in [6.07, 6.45) is 1.76. The predicted molar refractivity (Wildman–Crippen MR) is 108 cm³/mol. The standard InChI is InChI=1S/C20H14BrClFN3/c1-12-2-6-15(7-3-12)24-20-19(16-10-13(21)4-8-17(16)23)25-18-9-5-14(22)11-26(18)20/h2-11,24H,1H3. The van der Waals surface area contributed by atoms with Crippen molar-refractivity contribution in [2.45, 2.75) is 6.92 Å². The number of hydrogen-bond acceptors (Lipinski definition) is 2. The number of rotatable bonds is 3. The molecule has 0 unspecified atom stereocenters. The second-order valence-corrected chi connectivity index (χ2v) is 7.35. The summed E-state index contributed by atoms with van der Waals surface area (Å²) in [7, 11) is 0. The Labute approximate surface area is 163 Å². The van der Waals surface area contributed by atoms with Gasteiger partial charge in [0, 0.05) is 21.9 Å². The van der Waals surface area contributed by atoms with Gasteiger partial charge >= 0.3 is 0 Å². The van der Waals surface area contributed by atoms with E-state index >= 15 is 0 Å². The molecule has 0 fully saturated rings. The van der Waals surface area contributed by atoms with Gasteiger partial charge in [0.2, 0.25) is 0 Å². The van der Waals surface area contributed by atoms with Crippen LogP contribution >= 0.6 is 27.5 Å². The van der Waals surface area contributed by atoms with Crippen molar-refractivity contribution in [2.24, 2.45) is 0 Å². The molecule has 130 valence electrons. The summed E-state index contributed by atoms with van der Waals surface area (Å²) in [5.41, 5.74) is 3.66. The minimum Gasteiger partial charge on any atom is -0.339 e. The number of benzene rings is 2. The van der Waals surface area contributed by atoms with Gasteiger partial charge in [-0.15, -0.1) is 0 Å². The van der Waals surface area contributed by atoms with Crippen molar-refractivity contribution in [2.75, 3.05) is 5.32 Å². The van der Waals surface area contributed by atoms with Crippen LogP contribution in [-0.2, 0) is 0 Å². The molecule has 0 aliphatic rings. The molecular weight excluding hydrogens is 417 g/mol. The molecule has 1 N–H and O–H groups in total. The maximum absolute atomic E-state index is 14.5. The van der Waals surface area contributed by atoms with E-state index in [4.69, 9.17) is 11.6 Å². The number of aromatic nitrogens is 2. The fraction of sp³-hybridized carbons (Fsp3) is 0.0500. The van der Waals surface area contributed by atoms with E-state index in [0.717, 1.165) is 15.7 Å². The molecule has 26 heavy (non-hydrogen) atoms. The van der Waals surface area contributed by atoms with Gasteiger partial charge < -0.3 is 5.32 Å². The van der Waals surface area contributed by atoms with Gasteiger partial charge in [0.1, 0.15) is 23.0 Å². The van der Waals surface area contributed by atoms with Gasteiger partial charge in [0.25, 0.3) is 0 Å². The highest BCUT2D eigenvalue weighted by molar-refractivity contribution is 9.10. The van der Waals surface area contributed by atoms with E-state index < -0.39 is 0 Å². The summed E-state index contributed by atoms with van der Waals surface area (Å²) >= 11 is 9.57. The van der Waals surface area contributed by atoms with Crippen molar-refractivity contribution in [3.05, 3.63) is 81.7 Å². The summed E-state index contributed by atoms with van der Waals surface area (Å²) in [5.74, 6) is 0.318. The number of halogens is 3. The molecule has 2 aromatic heterocycles.